The van der Waals surface area contributed by atoms with E-state index in [1.54, 1.807) is 0 Å². The maximum absolute atomic E-state index is 13.5. The molecule has 2 atom stereocenters. The van der Waals surface area contributed by atoms with Gasteiger partial charge in [-0.15, -0.1) is 10.2 Å². The summed E-state index contributed by atoms with van der Waals surface area (Å²) in [6, 6.07) is 27.2. The number of hydrogen-bond donors (Lipinski definition) is 2. The molecular formula is C26H25N5O2S. The number of fused-ring (bicyclic) bond motifs is 1. The van der Waals surface area contributed by atoms with Crippen LogP contribution in [-0.2, 0) is 17.8 Å². The minimum atomic E-state index is -0.438. The van der Waals surface area contributed by atoms with Gasteiger partial charge in [-0.3, -0.25) is 4.79 Å². The highest BCUT2D eigenvalue weighted by Gasteiger charge is 2.38. The minimum Gasteiger partial charge on any atom is -0.486 e. The van der Waals surface area contributed by atoms with Crippen LogP contribution in [0.25, 0.3) is 0 Å². The van der Waals surface area contributed by atoms with Crippen molar-refractivity contribution in [1.82, 2.24) is 14.9 Å². The van der Waals surface area contributed by atoms with E-state index in [-0.39, 0.29) is 18.6 Å². The number of nitrogens with one attached hydrogen (secondary N) is 2. The molecular weight excluding hydrogens is 446 g/mol. The monoisotopic (exact) mass is 471 g/mol. The van der Waals surface area contributed by atoms with Gasteiger partial charge in [0.1, 0.15) is 17.6 Å². The third kappa shape index (κ3) is 4.63. The number of anilines is 1. The summed E-state index contributed by atoms with van der Waals surface area (Å²) in [5.41, 5.74) is 6.42. The minimum absolute atomic E-state index is 0.0800. The Morgan fingerprint density at radius 2 is 1.71 bits per heavy atom. The van der Waals surface area contributed by atoms with Crippen LogP contribution in [0.15, 0.2) is 90.1 Å². The Morgan fingerprint density at radius 1 is 1.00 bits per heavy atom. The Hall–Kier alpha value is -3.78. The second kappa shape index (κ2) is 10.0. The fourth-order valence-electron chi connectivity index (χ4n) is 3.92. The van der Waals surface area contributed by atoms with Gasteiger partial charge in [-0.05, 0) is 35.7 Å². The molecule has 172 valence electrons. The van der Waals surface area contributed by atoms with Crippen molar-refractivity contribution in [3.05, 3.63) is 102 Å². The van der Waals surface area contributed by atoms with Crippen molar-refractivity contribution in [3.63, 3.8) is 0 Å². The summed E-state index contributed by atoms with van der Waals surface area (Å²) in [5, 5.41) is 12.0. The molecule has 7 nitrogen and oxygen atoms in total. The smallest absolute Gasteiger partial charge is 0.240 e. The summed E-state index contributed by atoms with van der Waals surface area (Å²) in [4.78, 5) is 13.5. The summed E-state index contributed by atoms with van der Waals surface area (Å²) in [5.74, 6) is 1.32. The first-order valence-electron chi connectivity index (χ1n) is 11.2. The number of carbonyl (C=O) groups excluding carboxylic acids is 1. The largest absolute Gasteiger partial charge is 0.486 e. The van der Waals surface area contributed by atoms with Crippen molar-refractivity contribution >= 4 is 23.4 Å². The van der Waals surface area contributed by atoms with Crippen LogP contribution in [0.2, 0.25) is 0 Å². The maximum atomic E-state index is 13.5. The molecule has 0 radical (unpaired) electrons. The normalized spacial score (nSPS) is 16.9. The van der Waals surface area contributed by atoms with Crippen molar-refractivity contribution in [3.8, 4) is 5.75 Å². The molecule has 0 bridgehead atoms. The molecule has 4 aromatic rings. The number of para-hydroxylation sites is 2. The highest BCUT2D eigenvalue weighted by molar-refractivity contribution is 8.00. The molecule has 0 unspecified atom stereocenters. The number of carbonyl (C=O) groups is 1. The number of hydrogen-bond acceptors (Lipinski definition) is 6. The fourth-order valence-corrected chi connectivity index (χ4v) is 5.02. The van der Waals surface area contributed by atoms with Gasteiger partial charge in [0.05, 0.1) is 6.04 Å². The molecule has 1 aromatic heterocycles. The highest BCUT2D eigenvalue weighted by Crippen LogP contribution is 2.37. The van der Waals surface area contributed by atoms with Gasteiger partial charge in [-0.25, -0.2) is 4.68 Å². The molecule has 3 aromatic carbocycles. The molecule has 2 N–H and O–H groups in total. The standard InChI is InChI=1S/C26H25N5O2S/c1-2-18-11-9-10-16-21(18)27-25(32)24-23(19-12-5-3-6-13-19)30-31-22(28-29-26(31)34-24)17-33-20-14-7-4-8-15-20/h3-16,23-24,30H,2,17H2,1H3,(H,27,32)/t23-,24-/m0/s1. The lowest BCUT2D eigenvalue weighted by atomic mass is 10.0. The van der Waals surface area contributed by atoms with E-state index in [0.717, 1.165) is 29.0 Å². The number of rotatable bonds is 7. The predicted octanol–water partition coefficient (Wildman–Crippen LogP) is 4.82. The van der Waals surface area contributed by atoms with Crippen molar-refractivity contribution in [1.29, 1.82) is 0 Å². The lowest BCUT2D eigenvalue weighted by Gasteiger charge is -2.33. The van der Waals surface area contributed by atoms with E-state index >= 15 is 0 Å². The fraction of sp³-hybridized carbons (Fsp3) is 0.192. The van der Waals surface area contributed by atoms with Crippen LogP contribution in [0.4, 0.5) is 5.69 Å². The Labute approximate surface area is 202 Å². The van der Waals surface area contributed by atoms with Gasteiger partial charge in [0, 0.05) is 5.69 Å². The zero-order valence-corrected chi connectivity index (χ0v) is 19.5. The number of nitrogens with zero attached hydrogens (tertiary/aromatic N) is 3. The third-order valence-electron chi connectivity index (χ3n) is 5.69. The van der Waals surface area contributed by atoms with Crippen LogP contribution >= 0.6 is 11.8 Å². The van der Waals surface area contributed by atoms with Gasteiger partial charge in [0.25, 0.3) is 0 Å². The quantitative estimate of drug-likeness (QED) is 0.402. The molecule has 2 heterocycles. The number of aromatic nitrogens is 3. The van der Waals surface area contributed by atoms with Crippen molar-refractivity contribution < 1.29 is 9.53 Å². The van der Waals surface area contributed by atoms with Gasteiger partial charge in [-0.1, -0.05) is 85.4 Å². The third-order valence-corrected chi connectivity index (χ3v) is 6.90. The van der Waals surface area contributed by atoms with E-state index in [9.17, 15) is 4.79 Å². The molecule has 1 aliphatic heterocycles. The van der Waals surface area contributed by atoms with Gasteiger partial charge in [0.15, 0.2) is 5.82 Å². The molecule has 5 rings (SSSR count). The average Bonchev–Trinajstić information content (AvgIpc) is 3.30. The highest BCUT2D eigenvalue weighted by atomic mass is 32.2. The van der Waals surface area contributed by atoms with E-state index in [1.807, 2.05) is 89.6 Å². The van der Waals surface area contributed by atoms with Crippen LogP contribution in [0.1, 0.15) is 29.9 Å². The first-order chi connectivity index (χ1) is 16.7. The molecule has 8 heteroatoms. The van der Waals surface area contributed by atoms with E-state index in [1.165, 1.54) is 11.8 Å². The van der Waals surface area contributed by atoms with Crippen LogP contribution < -0.4 is 15.5 Å². The van der Waals surface area contributed by atoms with E-state index in [0.29, 0.717) is 11.0 Å². The van der Waals surface area contributed by atoms with Gasteiger partial charge < -0.3 is 15.5 Å². The van der Waals surface area contributed by atoms with Crippen molar-refractivity contribution in [2.24, 2.45) is 0 Å². The van der Waals surface area contributed by atoms with Gasteiger partial charge in [0.2, 0.25) is 11.1 Å². The van der Waals surface area contributed by atoms with Crippen LogP contribution in [0.5, 0.6) is 5.75 Å². The molecule has 0 spiro atoms. The van der Waals surface area contributed by atoms with E-state index < -0.39 is 5.25 Å². The Morgan fingerprint density at radius 3 is 2.47 bits per heavy atom. The molecule has 0 saturated heterocycles. The summed E-state index contributed by atoms with van der Waals surface area (Å²) in [7, 11) is 0. The number of ether oxygens (including phenoxy) is 1. The molecule has 0 aliphatic carbocycles. The van der Waals surface area contributed by atoms with Crippen LogP contribution in [0, 0.1) is 0 Å². The van der Waals surface area contributed by atoms with Crippen LogP contribution in [0.3, 0.4) is 0 Å². The maximum Gasteiger partial charge on any atom is 0.240 e. The number of thioether (sulfide) groups is 1. The molecule has 0 saturated carbocycles. The van der Waals surface area contributed by atoms with Crippen molar-refractivity contribution in [2.75, 3.05) is 10.7 Å². The Kier molecular flexibility index (Phi) is 6.49. The Bertz CT molecular complexity index is 1260. The SMILES string of the molecule is CCc1ccccc1NC(=O)[C@H]1Sc2nnc(COc3ccccc3)n2N[C@H]1c1ccccc1. The van der Waals surface area contributed by atoms with E-state index in [2.05, 4.69) is 27.9 Å². The van der Waals surface area contributed by atoms with E-state index in [4.69, 9.17) is 4.74 Å². The zero-order chi connectivity index (χ0) is 23.3. The molecule has 1 amide bonds. The topological polar surface area (TPSA) is 81.1 Å². The van der Waals surface area contributed by atoms with Gasteiger partial charge in [-0.2, -0.15) is 0 Å². The lowest BCUT2D eigenvalue weighted by molar-refractivity contribution is -0.116. The molecule has 1 aliphatic rings. The van der Waals surface area contributed by atoms with Crippen molar-refractivity contribution in [2.45, 2.75) is 36.4 Å². The molecule has 0 fully saturated rings. The average molecular weight is 472 g/mol. The van der Waals surface area contributed by atoms with Crippen LogP contribution in [-0.4, -0.2) is 26.0 Å². The number of amides is 1. The predicted molar refractivity (Wildman–Crippen MR) is 133 cm³/mol. The van der Waals surface area contributed by atoms with Gasteiger partial charge >= 0.3 is 0 Å². The molecule has 34 heavy (non-hydrogen) atoms. The summed E-state index contributed by atoms with van der Waals surface area (Å²) in [6.45, 7) is 2.34. The Balaban J connectivity index is 1.41. The summed E-state index contributed by atoms with van der Waals surface area (Å²) in [6.07, 6.45) is 0.841. The number of aryl methyl sites for hydroxylation is 1. The second-order valence-corrected chi connectivity index (χ2v) is 9.00. The summed E-state index contributed by atoms with van der Waals surface area (Å²) >= 11 is 1.40. The summed E-state index contributed by atoms with van der Waals surface area (Å²) < 4.78 is 7.71. The lowest BCUT2D eigenvalue weighted by Crippen LogP contribution is -2.41. The second-order valence-electron chi connectivity index (χ2n) is 7.89. The first-order valence-corrected chi connectivity index (χ1v) is 12.1. The first kappa shape index (κ1) is 22.0. The zero-order valence-electron chi connectivity index (χ0n) is 18.7. The number of benzene rings is 3.